The van der Waals surface area contributed by atoms with Crippen LogP contribution in [-0.2, 0) is 11.3 Å². The highest BCUT2D eigenvalue weighted by atomic mass is 19.1. The number of carbonyl (C=O) groups is 2. The van der Waals surface area contributed by atoms with Crippen molar-refractivity contribution in [3.63, 3.8) is 0 Å². The smallest absolute Gasteiger partial charge is 0.275 e. The largest absolute Gasteiger partial charge is 0.337 e. The van der Waals surface area contributed by atoms with Gasteiger partial charge in [-0.25, -0.2) is 8.78 Å². The van der Waals surface area contributed by atoms with Gasteiger partial charge < -0.3 is 10.2 Å². The monoisotopic (exact) mass is 398 g/mol. The Kier molecular flexibility index (Phi) is 5.24. The first-order chi connectivity index (χ1) is 14.0. The number of carbonyl (C=O) groups excluding carboxylic acids is 2. The zero-order chi connectivity index (χ0) is 20.4. The molecule has 8 heteroatoms. The van der Waals surface area contributed by atoms with Gasteiger partial charge in [0.15, 0.2) is 5.69 Å². The van der Waals surface area contributed by atoms with E-state index in [1.54, 1.807) is 23.1 Å². The highest BCUT2D eigenvalue weighted by Crippen LogP contribution is 2.22. The van der Waals surface area contributed by atoms with Gasteiger partial charge in [0.05, 0.1) is 11.2 Å². The molecule has 0 aliphatic carbocycles. The normalized spacial score (nSPS) is 14.2. The van der Waals surface area contributed by atoms with E-state index in [0.717, 1.165) is 37.5 Å². The number of nitrogens with zero attached hydrogens (tertiary/aromatic N) is 3. The standard InChI is InChI=1S/C21H20F2N4O2/c22-14-8-9-16(23)17(12-14)24-19(28)13-27-18-7-3-2-6-15(18)20(25-27)21(29)26-10-4-1-5-11-26/h2-3,6-9,12H,1,4-5,10-11,13H2,(H,24,28). The quantitative estimate of drug-likeness (QED) is 0.731. The van der Waals surface area contributed by atoms with Crippen LogP contribution in [0.3, 0.4) is 0 Å². The summed E-state index contributed by atoms with van der Waals surface area (Å²) in [6.07, 6.45) is 3.04. The minimum atomic E-state index is -0.731. The maximum atomic E-state index is 13.8. The van der Waals surface area contributed by atoms with Gasteiger partial charge in [-0.05, 0) is 37.5 Å². The Bertz CT molecular complexity index is 1070. The highest BCUT2D eigenvalue weighted by molar-refractivity contribution is 6.05. The second-order valence-electron chi connectivity index (χ2n) is 7.05. The number of amides is 2. The molecule has 150 valence electrons. The fourth-order valence-electron chi connectivity index (χ4n) is 3.57. The molecule has 1 aliphatic rings. The molecule has 4 rings (SSSR count). The molecule has 1 aromatic heterocycles. The van der Waals surface area contributed by atoms with Gasteiger partial charge in [-0.15, -0.1) is 0 Å². The molecule has 0 bridgehead atoms. The second kappa shape index (κ2) is 7.98. The molecule has 1 aliphatic heterocycles. The van der Waals surface area contributed by atoms with Crippen molar-refractivity contribution in [2.75, 3.05) is 18.4 Å². The van der Waals surface area contributed by atoms with Crippen LogP contribution in [-0.4, -0.2) is 39.6 Å². The van der Waals surface area contributed by atoms with Gasteiger partial charge >= 0.3 is 0 Å². The maximum Gasteiger partial charge on any atom is 0.275 e. The number of halogens is 2. The second-order valence-corrected chi connectivity index (χ2v) is 7.05. The van der Waals surface area contributed by atoms with Crippen molar-refractivity contribution in [1.29, 1.82) is 0 Å². The van der Waals surface area contributed by atoms with Crippen LogP contribution in [0.15, 0.2) is 42.5 Å². The van der Waals surface area contributed by atoms with Gasteiger partial charge in [-0.1, -0.05) is 18.2 Å². The first-order valence-corrected chi connectivity index (χ1v) is 9.52. The predicted molar refractivity (Wildman–Crippen MR) is 104 cm³/mol. The van der Waals surface area contributed by atoms with E-state index in [0.29, 0.717) is 29.7 Å². The third-order valence-electron chi connectivity index (χ3n) is 5.00. The fourth-order valence-corrected chi connectivity index (χ4v) is 3.57. The number of fused-ring (bicyclic) bond motifs is 1. The number of hydrogen-bond donors (Lipinski definition) is 1. The van der Waals surface area contributed by atoms with Gasteiger partial charge in [0.25, 0.3) is 5.91 Å². The van der Waals surface area contributed by atoms with E-state index in [1.165, 1.54) is 4.68 Å². The number of likely N-dealkylation sites (tertiary alicyclic amines) is 1. The molecule has 29 heavy (non-hydrogen) atoms. The van der Waals surface area contributed by atoms with Crippen LogP contribution in [0.2, 0.25) is 0 Å². The van der Waals surface area contributed by atoms with E-state index >= 15 is 0 Å². The Balaban J connectivity index is 1.60. The molecule has 2 aromatic carbocycles. The summed E-state index contributed by atoms with van der Waals surface area (Å²) in [5.41, 5.74) is 0.686. The average Bonchev–Trinajstić information content (AvgIpc) is 3.09. The molecule has 3 aromatic rings. The van der Waals surface area contributed by atoms with E-state index in [-0.39, 0.29) is 18.1 Å². The van der Waals surface area contributed by atoms with Crippen LogP contribution in [0.1, 0.15) is 29.8 Å². The lowest BCUT2D eigenvalue weighted by molar-refractivity contribution is -0.116. The fraction of sp³-hybridized carbons (Fsp3) is 0.286. The molecule has 1 N–H and O–H groups in total. The molecule has 0 radical (unpaired) electrons. The average molecular weight is 398 g/mol. The van der Waals surface area contributed by atoms with E-state index in [2.05, 4.69) is 10.4 Å². The Morgan fingerprint density at radius 3 is 2.59 bits per heavy atom. The molecule has 1 saturated heterocycles. The molecule has 0 saturated carbocycles. The molecular formula is C21H20F2N4O2. The van der Waals surface area contributed by atoms with Crippen LogP contribution < -0.4 is 5.32 Å². The van der Waals surface area contributed by atoms with Gasteiger partial charge in [-0.3, -0.25) is 14.3 Å². The summed E-state index contributed by atoms with van der Waals surface area (Å²) < 4.78 is 28.5. The van der Waals surface area contributed by atoms with Gasteiger partial charge in [0.1, 0.15) is 18.2 Å². The van der Waals surface area contributed by atoms with Crippen molar-refractivity contribution in [3.05, 3.63) is 59.8 Å². The number of benzene rings is 2. The minimum absolute atomic E-state index is 0.156. The molecule has 0 unspecified atom stereocenters. The number of nitrogens with one attached hydrogen (secondary N) is 1. The Morgan fingerprint density at radius 1 is 1.03 bits per heavy atom. The summed E-state index contributed by atoms with van der Waals surface area (Å²) in [6.45, 7) is 1.16. The van der Waals surface area contributed by atoms with E-state index in [1.807, 2.05) is 6.07 Å². The SMILES string of the molecule is O=C(Cn1nc(C(=O)N2CCCCC2)c2ccccc21)Nc1cc(F)ccc1F. The first-order valence-electron chi connectivity index (χ1n) is 9.52. The molecular weight excluding hydrogens is 378 g/mol. The van der Waals surface area contributed by atoms with Crippen molar-refractivity contribution < 1.29 is 18.4 Å². The maximum absolute atomic E-state index is 13.8. The number of anilines is 1. The molecule has 0 atom stereocenters. The van der Waals surface area contributed by atoms with E-state index in [4.69, 9.17) is 0 Å². The van der Waals surface area contributed by atoms with Crippen LogP contribution >= 0.6 is 0 Å². The number of piperidine rings is 1. The Labute approximate surface area is 166 Å². The lowest BCUT2D eigenvalue weighted by Gasteiger charge is -2.25. The summed E-state index contributed by atoms with van der Waals surface area (Å²) in [5, 5.41) is 7.40. The van der Waals surface area contributed by atoms with Crippen molar-refractivity contribution in [1.82, 2.24) is 14.7 Å². The number of hydrogen-bond acceptors (Lipinski definition) is 3. The zero-order valence-electron chi connectivity index (χ0n) is 15.7. The first kappa shape index (κ1) is 19.0. The Morgan fingerprint density at radius 2 is 1.79 bits per heavy atom. The lowest BCUT2D eigenvalue weighted by atomic mass is 10.1. The molecule has 0 spiro atoms. The van der Waals surface area contributed by atoms with E-state index < -0.39 is 17.5 Å². The summed E-state index contributed by atoms with van der Waals surface area (Å²) >= 11 is 0. The van der Waals surface area contributed by atoms with Gasteiger partial charge in [0.2, 0.25) is 5.91 Å². The summed E-state index contributed by atoms with van der Waals surface area (Å²) in [6, 6.07) is 10.0. The van der Waals surface area contributed by atoms with Crippen LogP contribution in [0.25, 0.3) is 10.9 Å². The summed E-state index contributed by atoms with van der Waals surface area (Å²) in [7, 11) is 0. The lowest BCUT2D eigenvalue weighted by Crippen LogP contribution is -2.36. The third-order valence-corrected chi connectivity index (χ3v) is 5.00. The van der Waals surface area contributed by atoms with Crippen molar-refractivity contribution in [2.45, 2.75) is 25.8 Å². The molecule has 6 nitrogen and oxygen atoms in total. The molecule has 2 amide bonds. The zero-order valence-corrected chi connectivity index (χ0v) is 15.7. The van der Waals surface area contributed by atoms with Crippen LogP contribution in [0, 0.1) is 11.6 Å². The summed E-state index contributed by atoms with van der Waals surface area (Å²) in [5.74, 6) is -2.11. The summed E-state index contributed by atoms with van der Waals surface area (Å²) in [4.78, 5) is 27.1. The molecule has 1 fully saturated rings. The van der Waals surface area contributed by atoms with Crippen molar-refractivity contribution >= 4 is 28.4 Å². The third kappa shape index (κ3) is 3.96. The number of rotatable bonds is 4. The Hall–Kier alpha value is -3.29. The predicted octanol–water partition coefficient (Wildman–Crippen LogP) is 3.58. The van der Waals surface area contributed by atoms with Gasteiger partial charge in [-0.2, -0.15) is 5.10 Å². The topological polar surface area (TPSA) is 67.2 Å². The van der Waals surface area contributed by atoms with Crippen LogP contribution in [0.5, 0.6) is 0 Å². The van der Waals surface area contributed by atoms with Crippen molar-refractivity contribution in [2.24, 2.45) is 0 Å². The molecule has 2 heterocycles. The minimum Gasteiger partial charge on any atom is -0.337 e. The highest BCUT2D eigenvalue weighted by Gasteiger charge is 2.24. The van der Waals surface area contributed by atoms with Crippen molar-refractivity contribution in [3.8, 4) is 0 Å². The number of para-hydroxylation sites is 1. The van der Waals surface area contributed by atoms with Gasteiger partial charge in [0, 0.05) is 24.5 Å². The van der Waals surface area contributed by atoms with Crippen LogP contribution in [0.4, 0.5) is 14.5 Å². The number of aromatic nitrogens is 2. The van der Waals surface area contributed by atoms with E-state index in [9.17, 15) is 18.4 Å².